The fourth-order valence-electron chi connectivity index (χ4n) is 2.65. The molecule has 0 saturated heterocycles. The van der Waals surface area contributed by atoms with Crippen LogP contribution in [0.3, 0.4) is 0 Å². The standard InChI is InChI=1S/C17H19NO/c1-12-9-16(7-8-18-12)13-3-4-15-11-17(19-2)6-5-14(15)10-13/h3-7,10-12,18H,8-9H2,1-2H3. The number of hydrogen-bond acceptors (Lipinski definition) is 2. The second-order valence-electron chi connectivity index (χ2n) is 5.17. The number of hydrogen-bond donors (Lipinski definition) is 1. The molecule has 1 atom stereocenters. The maximum absolute atomic E-state index is 5.26. The highest BCUT2D eigenvalue weighted by atomic mass is 16.5. The molecule has 1 aliphatic rings. The highest BCUT2D eigenvalue weighted by Crippen LogP contribution is 2.27. The lowest BCUT2D eigenvalue weighted by molar-refractivity contribution is 0.415. The van der Waals surface area contributed by atoms with Gasteiger partial charge >= 0.3 is 0 Å². The summed E-state index contributed by atoms with van der Waals surface area (Å²) in [7, 11) is 1.71. The predicted molar refractivity (Wildman–Crippen MR) is 80.6 cm³/mol. The lowest BCUT2D eigenvalue weighted by Crippen LogP contribution is -2.29. The molecular weight excluding hydrogens is 234 g/mol. The minimum atomic E-state index is 0.562. The average Bonchev–Trinajstić information content (AvgIpc) is 2.46. The van der Waals surface area contributed by atoms with E-state index in [1.807, 2.05) is 6.07 Å². The minimum absolute atomic E-state index is 0.562. The summed E-state index contributed by atoms with van der Waals surface area (Å²) in [4.78, 5) is 0. The fourth-order valence-corrected chi connectivity index (χ4v) is 2.65. The lowest BCUT2D eigenvalue weighted by Gasteiger charge is -2.21. The Morgan fingerprint density at radius 2 is 1.89 bits per heavy atom. The molecule has 0 fully saturated rings. The second-order valence-corrected chi connectivity index (χ2v) is 5.17. The Labute approximate surface area is 114 Å². The van der Waals surface area contributed by atoms with Crippen LogP contribution < -0.4 is 10.1 Å². The first kappa shape index (κ1) is 12.2. The first-order valence-electron chi connectivity index (χ1n) is 6.77. The fraction of sp³-hybridized carbons (Fsp3) is 0.294. The van der Waals surface area contributed by atoms with Crippen LogP contribution in [0.4, 0.5) is 0 Å². The first-order chi connectivity index (χ1) is 9.26. The quantitative estimate of drug-likeness (QED) is 0.882. The van der Waals surface area contributed by atoms with Crippen LogP contribution in [0.1, 0.15) is 18.9 Å². The third-order valence-corrected chi connectivity index (χ3v) is 3.76. The van der Waals surface area contributed by atoms with Crippen LogP contribution in [0, 0.1) is 0 Å². The first-order valence-corrected chi connectivity index (χ1v) is 6.77. The van der Waals surface area contributed by atoms with Crippen LogP contribution in [-0.4, -0.2) is 19.7 Å². The molecule has 2 nitrogen and oxygen atoms in total. The summed E-state index contributed by atoms with van der Waals surface area (Å²) in [5.41, 5.74) is 2.79. The molecule has 1 N–H and O–H groups in total. The zero-order valence-electron chi connectivity index (χ0n) is 11.4. The highest BCUT2D eigenvalue weighted by molar-refractivity contribution is 5.87. The lowest BCUT2D eigenvalue weighted by atomic mass is 9.94. The van der Waals surface area contributed by atoms with Gasteiger partial charge in [0.05, 0.1) is 7.11 Å². The number of rotatable bonds is 2. The molecule has 0 radical (unpaired) electrons. The maximum Gasteiger partial charge on any atom is 0.119 e. The molecule has 1 heterocycles. The number of nitrogens with one attached hydrogen (secondary N) is 1. The molecule has 0 amide bonds. The summed E-state index contributed by atoms with van der Waals surface area (Å²) in [6.45, 7) is 3.20. The van der Waals surface area contributed by atoms with E-state index >= 15 is 0 Å². The summed E-state index contributed by atoms with van der Waals surface area (Å²) >= 11 is 0. The van der Waals surface area contributed by atoms with Crippen molar-refractivity contribution in [3.63, 3.8) is 0 Å². The van der Waals surface area contributed by atoms with Crippen LogP contribution in [0.15, 0.2) is 42.5 Å². The molecule has 1 unspecified atom stereocenters. The molecule has 2 heteroatoms. The van der Waals surface area contributed by atoms with Gasteiger partial charge in [-0.3, -0.25) is 0 Å². The van der Waals surface area contributed by atoms with Crippen LogP contribution in [-0.2, 0) is 0 Å². The minimum Gasteiger partial charge on any atom is -0.497 e. The van der Waals surface area contributed by atoms with Crippen molar-refractivity contribution in [3.05, 3.63) is 48.0 Å². The summed E-state index contributed by atoms with van der Waals surface area (Å²) in [6.07, 6.45) is 3.40. The number of fused-ring (bicyclic) bond motifs is 1. The maximum atomic E-state index is 5.26. The Balaban J connectivity index is 2.00. The zero-order chi connectivity index (χ0) is 13.2. The largest absolute Gasteiger partial charge is 0.497 e. The molecule has 0 spiro atoms. The van der Waals surface area contributed by atoms with Crippen LogP contribution in [0.5, 0.6) is 5.75 Å². The molecule has 98 valence electrons. The van der Waals surface area contributed by atoms with Crippen LogP contribution in [0.25, 0.3) is 16.3 Å². The highest BCUT2D eigenvalue weighted by Gasteiger charge is 2.12. The summed E-state index contributed by atoms with van der Waals surface area (Å²) in [5, 5.41) is 5.94. The molecule has 0 bridgehead atoms. The van der Waals surface area contributed by atoms with Gasteiger partial charge in [-0.15, -0.1) is 0 Å². The SMILES string of the molecule is COc1ccc2cc(C3=CCNC(C)C3)ccc2c1. The van der Waals surface area contributed by atoms with E-state index in [0.29, 0.717) is 6.04 Å². The van der Waals surface area contributed by atoms with Crippen molar-refractivity contribution < 1.29 is 4.74 Å². The van der Waals surface area contributed by atoms with Gasteiger partial charge in [0, 0.05) is 12.6 Å². The summed E-state index contributed by atoms with van der Waals surface area (Å²) in [5.74, 6) is 0.912. The Morgan fingerprint density at radius 1 is 1.11 bits per heavy atom. The Morgan fingerprint density at radius 3 is 2.68 bits per heavy atom. The van der Waals surface area contributed by atoms with Crippen molar-refractivity contribution >= 4 is 16.3 Å². The van der Waals surface area contributed by atoms with E-state index in [-0.39, 0.29) is 0 Å². The van der Waals surface area contributed by atoms with Crippen LogP contribution in [0.2, 0.25) is 0 Å². The van der Waals surface area contributed by atoms with Gasteiger partial charge in [-0.25, -0.2) is 0 Å². The van der Waals surface area contributed by atoms with Crippen molar-refractivity contribution in [1.82, 2.24) is 5.32 Å². The Bertz CT molecular complexity index is 630. The smallest absolute Gasteiger partial charge is 0.119 e. The normalized spacial score (nSPS) is 19.3. The van der Waals surface area contributed by atoms with Crippen molar-refractivity contribution in [2.45, 2.75) is 19.4 Å². The van der Waals surface area contributed by atoms with Gasteiger partial charge in [-0.1, -0.05) is 24.3 Å². The van der Waals surface area contributed by atoms with Gasteiger partial charge < -0.3 is 10.1 Å². The van der Waals surface area contributed by atoms with E-state index in [9.17, 15) is 0 Å². The van der Waals surface area contributed by atoms with E-state index in [0.717, 1.165) is 18.7 Å². The molecule has 19 heavy (non-hydrogen) atoms. The molecule has 0 saturated carbocycles. The number of methoxy groups -OCH3 is 1. The number of ether oxygens (including phenoxy) is 1. The summed E-state index contributed by atoms with van der Waals surface area (Å²) in [6, 6.07) is 13.5. The molecule has 0 aliphatic carbocycles. The van der Waals surface area contributed by atoms with Crippen molar-refractivity contribution in [3.8, 4) is 5.75 Å². The number of benzene rings is 2. The van der Waals surface area contributed by atoms with Gasteiger partial charge in [-0.05, 0) is 53.5 Å². The molecule has 3 rings (SSSR count). The topological polar surface area (TPSA) is 21.3 Å². The van der Waals surface area contributed by atoms with Gasteiger partial charge in [0.25, 0.3) is 0 Å². The van der Waals surface area contributed by atoms with Crippen molar-refractivity contribution in [2.24, 2.45) is 0 Å². The Hall–Kier alpha value is -1.80. The molecule has 2 aromatic rings. The van der Waals surface area contributed by atoms with E-state index < -0.39 is 0 Å². The third kappa shape index (κ3) is 2.49. The van der Waals surface area contributed by atoms with Crippen molar-refractivity contribution in [1.29, 1.82) is 0 Å². The van der Waals surface area contributed by atoms with E-state index in [2.05, 4.69) is 48.6 Å². The van der Waals surface area contributed by atoms with Gasteiger partial charge in [0.1, 0.15) is 5.75 Å². The van der Waals surface area contributed by atoms with E-state index in [4.69, 9.17) is 4.74 Å². The van der Waals surface area contributed by atoms with Crippen LogP contribution >= 0.6 is 0 Å². The average molecular weight is 253 g/mol. The molecule has 2 aromatic carbocycles. The second kappa shape index (κ2) is 5.06. The van der Waals surface area contributed by atoms with E-state index in [1.165, 1.54) is 21.9 Å². The van der Waals surface area contributed by atoms with Gasteiger partial charge in [-0.2, -0.15) is 0 Å². The predicted octanol–water partition coefficient (Wildman–Crippen LogP) is 3.61. The van der Waals surface area contributed by atoms with E-state index in [1.54, 1.807) is 7.11 Å². The van der Waals surface area contributed by atoms with Crippen molar-refractivity contribution in [2.75, 3.05) is 13.7 Å². The molecule has 0 aromatic heterocycles. The zero-order valence-corrected chi connectivity index (χ0v) is 11.4. The monoisotopic (exact) mass is 253 g/mol. The summed E-state index contributed by atoms with van der Waals surface area (Å²) < 4.78 is 5.26. The molecule has 1 aliphatic heterocycles. The third-order valence-electron chi connectivity index (χ3n) is 3.76. The molecular formula is C17H19NO. The van der Waals surface area contributed by atoms with Gasteiger partial charge in [0.2, 0.25) is 0 Å². The Kier molecular flexibility index (Phi) is 3.26. The van der Waals surface area contributed by atoms with Gasteiger partial charge in [0.15, 0.2) is 0 Å².